The molecule has 0 aliphatic heterocycles. The number of hydrogen-bond acceptors (Lipinski definition) is 6. The molecule has 0 saturated heterocycles. The van der Waals surface area contributed by atoms with Crippen molar-refractivity contribution in [1.82, 2.24) is 14.3 Å². The number of rotatable bonds is 5. The van der Waals surface area contributed by atoms with Crippen molar-refractivity contribution in [3.05, 3.63) is 53.9 Å². The first-order chi connectivity index (χ1) is 13.6. The van der Waals surface area contributed by atoms with E-state index in [2.05, 4.69) is 15.3 Å². The Bertz CT molecular complexity index is 1220. The quantitative estimate of drug-likeness (QED) is 0.576. The number of nitrogen functional groups attached to an aromatic ring is 1. The van der Waals surface area contributed by atoms with Crippen LogP contribution in [0.2, 0.25) is 0 Å². The van der Waals surface area contributed by atoms with E-state index in [1.165, 1.54) is 26.2 Å². The van der Waals surface area contributed by atoms with Crippen molar-refractivity contribution in [2.75, 3.05) is 29.9 Å². The second-order valence-corrected chi connectivity index (χ2v) is 7.97. The number of aromatic nitrogens is 2. The normalized spacial score (nSPS) is 11.6. The number of nitrogens with zero attached hydrogens (tertiary/aromatic N) is 3. The second-order valence-electron chi connectivity index (χ2n) is 6.09. The molecule has 0 aliphatic carbocycles. The number of para-hydroxylation sites is 1. The van der Waals surface area contributed by atoms with Gasteiger partial charge in [-0.1, -0.05) is 6.07 Å². The number of amides is 1. The van der Waals surface area contributed by atoms with Gasteiger partial charge in [0.15, 0.2) is 5.82 Å². The lowest BCUT2D eigenvalue weighted by atomic mass is 10.1. The van der Waals surface area contributed by atoms with Crippen LogP contribution in [0.25, 0.3) is 10.9 Å². The molecule has 0 aliphatic rings. The molecule has 0 bridgehead atoms. The number of fused-ring (bicyclic) bond motifs is 1. The highest BCUT2D eigenvalue weighted by Gasteiger charge is 2.22. The number of halogens is 2. The molecule has 3 aromatic rings. The Kier molecular flexibility index (Phi) is 5.31. The van der Waals surface area contributed by atoms with Crippen molar-refractivity contribution in [1.29, 1.82) is 0 Å². The van der Waals surface area contributed by atoms with Crippen LogP contribution in [0.1, 0.15) is 10.4 Å². The van der Waals surface area contributed by atoms with E-state index >= 15 is 0 Å². The number of nitrogens with two attached hydrogens (primary N) is 1. The zero-order valence-electron chi connectivity index (χ0n) is 15.3. The summed E-state index contributed by atoms with van der Waals surface area (Å²) in [5.41, 5.74) is 4.62. The predicted molar refractivity (Wildman–Crippen MR) is 104 cm³/mol. The number of anilines is 3. The van der Waals surface area contributed by atoms with E-state index in [0.29, 0.717) is 5.39 Å². The highest BCUT2D eigenvalue weighted by atomic mass is 32.2. The average Bonchev–Trinajstić information content (AvgIpc) is 2.67. The van der Waals surface area contributed by atoms with E-state index in [9.17, 15) is 22.0 Å². The fourth-order valence-electron chi connectivity index (χ4n) is 2.45. The van der Waals surface area contributed by atoms with E-state index in [1.54, 1.807) is 6.07 Å². The zero-order chi connectivity index (χ0) is 21.3. The van der Waals surface area contributed by atoms with E-state index in [0.717, 1.165) is 22.8 Å². The van der Waals surface area contributed by atoms with Crippen molar-refractivity contribution in [2.24, 2.45) is 0 Å². The van der Waals surface area contributed by atoms with Gasteiger partial charge in [-0.2, -0.15) is 12.7 Å². The molecular weight excluding hydrogens is 406 g/mol. The van der Waals surface area contributed by atoms with Crippen LogP contribution in [0.4, 0.5) is 26.0 Å². The number of carbonyl (C=O) groups is 1. The molecule has 1 heterocycles. The van der Waals surface area contributed by atoms with Crippen LogP contribution >= 0.6 is 0 Å². The van der Waals surface area contributed by atoms with Gasteiger partial charge in [0.1, 0.15) is 23.6 Å². The van der Waals surface area contributed by atoms with Crippen molar-refractivity contribution in [3.8, 4) is 0 Å². The largest absolute Gasteiger partial charge is 0.383 e. The molecule has 0 spiro atoms. The van der Waals surface area contributed by atoms with E-state index in [1.807, 2.05) is 4.72 Å². The van der Waals surface area contributed by atoms with Gasteiger partial charge in [-0.3, -0.25) is 9.52 Å². The monoisotopic (exact) mass is 422 g/mol. The average molecular weight is 422 g/mol. The van der Waals surface area contributed by atoms with Crippen LogP contribution in [0.15, 0.2) is 36.7 Å². The Morgan fingerprint density at radius 2 is 1.86 bits per heavy atom. The molecule has 4 N–H and O–H groups in total. The maximum absolute atomic E-state index is 14.7. The van der Waals surface area contributed by atoms with Crippen LogP contribution in [0.5, 0.6) is 0 Å². The third kappa shape index (κ3) is 3.93. The van der Waals surface area contributed by atoms with E-state index < -0.39 is 39.1 Å². The summed E-state index contributed by atoms with van der Waals surface area (Å²) >= 11 is 0. The van der Waals surface area contributed by atoms with E-state index in [-0.39, 0.29) is 16.9 Å². The predicted octanol–water partition coefficient (Wildman–Crippen LogP) is 1.96. The minimum atomic E-state index is -4.04. The van der Waals surface area contributed by atoms with Gasteiger partial charge in [0.25, 0.3) is 5.91 Å². The summed E-state index contributed by atoms with van der Waals surface area (Å²) in [5, 5.41) is 2.52. The molecule has 152 valence electrons. The molecule has 0 unspecified atom stereocenters. The van der Waals surface area contributed by atoms with Crippen LogP contribution in [-0.4, -0.2) is 42.7 Å². The zero-order valence-corrected chi connectivity index (χ0v) is 16.1. The fraction of sp³-hybridized carbons (Fsp3) is 0.118. The van der Waals surface area contributed by atoms with Gasteiger partial charge in [-0.25, -0.2) is 18.7 Å². The molecule has 1 aromatic heterocycles. The first-order valence-corrected chi connectivity index (χ1v) is 9.54. The van der Waals surface area contributed by atoms with Crippen LogP contribution in [-0.2, 0) is 10.2 Å². The van der Waals surface area contributed by atoms with E-state index in [4.69, 9.17) is 5.73 Å². The Morgan fingerprint density at radius 1 is 1.14 bits per heavy atom. The van der Waals surface area contributed by atoms with Crippen molar-refractivity contribution >= 4 is 44.2 Å². The number of hydrogen-bond donors (Lipinski definition) is 3. The third-order valence-electron chi connectivity index (χ3n) is 3.99. The highest BCUT2D eigenvalue weighted by molar-refractivity contribution is 7.90. The maximum atomic E-state index is 14.7. The molecule has 0 atom stereocenters. The summed E-state index contributed by atoms with van der Waals surface area (Å²) in [6.45, 7) is 0. The lowest BCUT2D eigenvalue weighted by Gasteiger charge is -2.16. The molecule has 0 saturated carbocycles. The summed E-state index contributed by atoms with van der Waals surface area (Å²) in [4.78, 5) is 20.5. The number of carbonyl (C=O) groups excluding carboxylic acids is 1. The summed E-state index contributed by atoms with van der Waals surface area (Å²) in [7, 11) is -1.57. The molecule has 3 rings (SSSR count). The molecule has 12 heteroatoms. The fourth-order valence-corrected chi connectivity index (χ4v) is 3.07. The van der Waals surface area contributed by atoms with Gasteiger partial charge in [0.2, 0.25) is 0 Å². The highest BCUT2D eigenvalue weighted by Crippen LogP contribution is 2.28. The molecule has 0 radical (unpaired) electrons. The second kappa shape index (κ2) is 7.56. The lowest BCUT2D eigenvalue weighted by molar-refractivity contribution is 0.102. The minimum Gasteiger partial charge on any atom is -0.383 e. The Balaban J connectivity index is 2.00. The van der Waals surface area contributed by atoms with Crippen LogP contribution in [0, 0.1) is 11.6 Å². The smallest absolute Gasteiger partial charge is 0.301 e. The summed E-state index contributed by atoms with van der Waals surface area (Å²) < 4.78 is 55.5. The number of nitrogens with one attached hydrogen (secondary N) is 2. The van der Waals surface area contributed by atoms with Crippen molar-refractivity contribution < 1.29 is 22.0 Å². The molecular formula is C17H16F2N6O3S. The van der Waals surface area contributed by atoms with Gasteiger partial charge in [0.05, 0.1) is 16.8 Å². The van der Waals surface area contributed by atoms with Crippen molar-refractivity contribution in [2.45, 2.75) is 0 Å². The first-order valence-electron chi connectivity index (χ1n) is 8.10. The summed E-state index contributed by atoms with van der Waals surface area (Å²) in [5.74, 6) is -3.09. The summed E-state index contributed by atoms with van der Waals surface area (Å²) in [6.07, 6.45) is 1.16. The molecule has 29 heavy (non-hydrogen) atoms. The molecule has 2 aromatic carbocycles. The van der Waals surface area contributed by atoms with Gasteiger partial charge in [0, 0.05) is 19.5 Å². The summed E-state index contributed by atoms with van der Waals surface area (Å²) in [6, 6.07) is 6.26. The Labute approximate surface area is 164 Å². The molecule has 1 amide bonds. The van der Waals surface area contributed by atoms with Gasteiger partial charge in [-0.05, 0) is 24.3 Å². The van der Waals surface area contributed by atoms with Crippen LogP contribution in [0.3, 0.4) is 0 Å². The van der Waals surface area contributed by atoms with Gasteiger partial charge < -0.3 is 11.1 Å². The SMILES string of the molecule is CN(C)S(=O)(=O)Nc1ccc(F)c(NC(=O)c2cccc3c(N)ncnc23)c1F. The standard InChI is InChI=1S/C17H16F2N6O3S/c1-25(2)29(27,28)24-12-7-6-11(18)15(13(12)19)23-17(26)10-5-3-4-9-14(10)21-8-22-16(9)20/h3-8,24H,1-2H3,(H,23,26)(H2,20,21,22). The number of benzene rings is 2. The third-order valence-corrected chi connectivity index (χ3v) is 5.43. The first kappa shape index (κ1) is 20.4. The lowest BCUT2D eigenvalue weighted by Crippen LogP contribution is -2.29. The molecule has 9 nitrogen and oxygen atoms in total. The van der Waals surface area contributed by atoms with Gasteiger partial charge >= 0.3 is 10.2 Å². The van der Waals surface area contributed by atoms with Crippen LogP contribution < -0.4 is 15.8 Å². The topological polar surface area (TPSA) is 130 Å². The Hall–Kier alpha value is -3.38. The van der Waals surface area contributed by atoms with Gasteiger partial charge in [-0.15, -0.1) is 0 Å². The van der Waals surface area contributed by atoms with Crippen molar-refractivity contribution in [3.63, 3.8) is 0 Å². The maximum Gasteiger partial charge on any atom is 0.301 e. The Morgan fingerprint density at radius 3 is 2.55 bits per heavy atom. The minimum absolute atomic E-state index is 0.00896. The molecule has 0 fully saturated rings.